The molecule has 8 heteroatoms. The first-order chi connectivity index (χ1) is 13.4. The van der Waals surface area contributed by atoms with Crippen molar-refractivity contribution in [3.63, 3.8) is 0 Å². The second-order valence-electron chi connectivity index (χ2n) is 6.17. The Bertz CT molecular complexity index is 913. The fourth-order valence-electron chi connectivity index (χ4n) is 2.75. The molecule has 0 radical (unpaired) electrons. The van der Waals surface area contributed by atoms with Gasteiger partial charge in [0.25, 0.3) is 0 Å². The summed E-state index contributed by atoms with van der Waals surface area (Å²) in [5, 5.41) is 7.40. The van der Waals surface area contributed by atoms with Gasteiger partial charge in [0.05, 0.1) is 5.52 Å². The zero-order valence-electron chi connectivity index (χ0n) is 14.9. The molecule has 4 nitrogen and oxygen atoms in total. The molecule has 1 heterocycles. The Labute approximate surface area is 159 Å². The van der Waals surface area contributed by atoms with Crippen molar-refractivity contribution in [2.24, 2.45) is 0 Å². The minimum absolute atomic E-state index is 0.232. The van der Waals surface area contributed by atoms with Crippen LogP contribution in [0.25, 0.3) is 10.9 Å². The Balaban J connectivity index is 1.40. The predicted molar refractivity (Wildman–Crippen MR) is 99.6 cm³/mol. The van der Waals surface area contributed by atoms with E-state index in [0.29, 0.717) is 18.6 Å². The van der Waals surface area contributed by atoms with Crippen molar-refractivity contribution in [2.75, 3.05) is 18.4 Å². The van der Waals surface area contributed by atoms with Gasteiger partial charge in [0, 0.05) is 36.4 Å². The molecular formula is C20H19F4N3O. The van der Waals surface area contributed by atoms with Gasteiger partial charge in [-0.05, 0) is 48.9 Å². The fraction of sp³-hybridized carbons (Fsp3) is 0.250. The molecule has 0 atom stereocenters. The molecule has 2 N–H and O–H groups in total. The molecule has 0 fully saturated rings. The van der Waals surface area contributed by atoms with Crippen LogP contribution in [0.2, 0.25) is 0 Å². The van der Waals surface area contributed by atoms with Gasteiger partial charge in [-0.1, -0.05) is 12.1 Å². The summed E-state index contributed by atoms with van der Waals surface area (Å²) >= 11 is 0. The third-order valence-electron chi connectivity index (χ3n) is 4.04. The van der Waals surface area contributed by atoms with E-state index in [1.807, 2.05) is 6.07 Å². The lowest BCUT2D eigenvalue weighted by Gasteiger charge is -2.11. The number of anilines is 1. The number of benzene rings is 2. The Kier molecular flexibility index (Phi) is 6.30. The second kappa shape index (κ2) is 8.88. The number of aromatic nitrogens is 1. The van der Waals surface area contributed by atoms with Crippen molar-refractivity contribution in [3.8, 4) is 5.75 Å². The van der Waals surface area contributed by atoms with E-state index in [0.717, 1.165) is 29.6 Å². The first-order valence-electron chi connectivity index (χ1n) is 8.74. The van der Waals surface area contributed by atoms with Crippen molar-refractivity contribution in [2.45, 2.75) is 19.3 Å². The highest BCUT2D eigenvalue weighted by atomic mass is 19.4. The van der Waals surface area contributed by atoms with Gasteiger partial charge >= 0.3 is 6.36 Å². The molecule has 0 saturated heterocycles. The molecule has 0 saturated carbocycles. The van der Waals surface area contributed by atoms with Crippen molar-refractivity contribution < 1.29 is 22.3 Å². The lowest BCUT2D eigenvalue weighted by molar-refractivity contribution is -0.274. The SMILES string of the molecule is Fc1ccc2c(NCCCNCc3ccc(OC(F)(F)F)cc3)ccnc2c1. The number of hydrogen-bond donors (Lipinski definition) is 2. The second-order valence-corrected chi connectivity index (χ2v) is 6.17. The lowest BCUT2D eigenvalue weighted by Crippen LogP contribution is -2.18. The molecule has 148 valence electrons. The molecule has 0 unspecified atom stereocenters. The van der Waals surface area contributed by atoms with E-state index >= 15 is 0 Å². The number of ether oxygens (including phenoxy) is 1. The van der Waals surface area contributed by atoms with Crippen LogP contribution in [0.4, 0.5) is 23.2 Å². The van der Waals surface area contributed by atoms with Crippen LogP contribution in [0, 0.1) is 5.82 Å². The van der Waals surface area contributed by atoms with Crippen molar-refractivity contribution in [1.82, 2.24) is 10.3 Å². The van der Waals surface area contributed by atoms with Gasteiger partial charge in [-0.2, -0.15) is 0 Å². The molecule has 0 spiro atoms. The molecule has 0 amide bonds. The van der Waals surface area contributed by atoms with Gasteiger partial charge in [0.1, 0.15) is 11.6 Å². The average molecular weight is 393 g/mol. The summed E-state index contributed by atoms with van der Waals surface area (Å²) in [4.78, 5) is 4.16. The van der Waals surface area contributed by atoms with Crippen molar-refractivity contribution in [3.05, 3.63) is 66.1 Å². The topological polar surface area (TPSA) is 46.2 Å². The maximum Gasteiger partial charge on any atom is 0.573 e. The predicted octanol–water partition coefficient (Wildman–Crippen LogP) is 4.86. The number of halogens is 4. The number of hydrogen-bond acceptors (Lipinski definition) is 4. The summed E-state index contributed by atoms with van der Waals surface area (Å²) in [6.45, 7) is 1.98. The minimum Gasteiger partial charge on any atom is -0.406 e. The zero-order chi connectivity index (χ0) is 20.0. The number of pyridine rings is 1. The van der Waals surface area contributed by atoms with Crippen LogP contribution in [0.5, 0.6) is 5.75 Å². The smallest absolute Gasteiger partial charge is 0.406 e. The summed E-state index contributed by atoms with van der Waals surface area (Å²) in [7, 11) is 0. The Morgan fingerprint density at radius 2 is 1.75 bits per heavy atom. The van der Waals surface area contributed by atoms with Gasteiger partial charge in [-0.15, -0.1) is 13.2 Å². The highest BCUT2D eigenvalue weighted by Gasteiger charge is 2.30. The molecule has 0 aliphatic heterocycles. The van der Waals surface area contributed by atoms with Gasteiger partial charge < -0.3 is 15.4 Å². The van der Waals surface area contributed by atoms with Crippen LogP contribution >= 0.6 is 0 Å². The first kappa shape index (κ1) is 19.9. The number of alkyl halides is 3. The normalized spacial score (nSPS) is 11.6. The number of fused-ring (bicyclic) bond motifs is 1. The molecule has 3 aromatic rings. The van der Waals surface area contributed by atoms with Gasteiger partial charge in [0.15, 0.2) is 0 Å². The van der Waals surface area contributed by atoms with Crippen LogP contribution in [0.3, 0.4) is 0 Å². The molecule has 1 aromatic heterocycles. The summed E-state index contributed by atoms with van der Waals surface area (Å²) in [5.41, 5.74) is 2.36. The summed E-state index contributed by atoms with van der Waals surface area (Å²) in [6, 6.07) is 12.1. The highest BCUT2D eigenvalue weighted by molar-refractivity contribution is 5.90. The van der Waals surface area contributed by atoms with Crippen molar-refractivity contribution in [1.29, 1.82) is 0 Å². The van der Waals surface area contributed by atoms with Crippen LogP contribution in [0.15, 0.2) is 54.7 Å². The number of rotatable bonds is 8. The van der Waals surface area contributed by atoms with E-state index in [9.17, 15) is 17.6 Å². The largest absolute Gasteiger partial charge is 0.573 e. The molecule has 0 aliphatic rings. The number of nitrogens with one attached hydrogen (secondary N) is 2. The van der Waals surface area contributed by atoms with E-state index in [1.54, 1.807) is 24.4 Å². The third-order valence-corrected chi connectivity index (χ3v) is 4.04. The maximum atomic E-state index is 13.3. The van der Waals surface area contributed by atoms with Crippen LogP contribution in [-0.2, 0) is 6.54 Å². The zero-order valence-corrected chi connectivity index (χ0v) is 14.9. The monoisotopic (exact) mass is 393 g/mol. The lowest BCUT2D eigenvalue weighted by atomic mass is 10.2. The Morgan fingerprint density at radius 3 is 2.50 bits per heavy atom. The van der Waals surface area contributed by atoms with Gasteiger partial charge in [-0.3, -0.25) is 4.98 Å². The average Bonchev–Trinajstić information content (AvgIpc) is 2.64. The third kappa shape index (κ3) is 5.82. The molecule has 0 aliphatic carbocycles. The molecular weight excluding hydrogens is 374 g/mol. The first-order valence-corrected chi connectivity index (χ1v) is 8.74. The van der Waals surface area contributed by atoms with E-state index in [2.05, 4.69) is 20.4 Å². The summed E-state index contributed by atoms with van der Waals surface area (Å²) in [6.07, 6.45) is -2.21. The maximum absolute atomic E-state index is 13.3. The van der Waals surface area contributed by atoms with E-state index in [-0.39, 0.29) is 11.6 Å². The molecule has 3 rings (SSSR count). The van der Waals surface area contributed by atoms with Crippen LogP contribution in [0.1, 0.15) is 12.0 Å². The minimum atomic E-state index is -4.68. The van der Waals surface area contributed by atoms with Gasteiger partial charge in [0.2, 0.25) is 0 Å². The summed E-state index contributed by atoms with van der Waals surface area (Å²) in [5.74, 6) is -0.552. The Morgan fingerprint density at radius 1 is 0.964 bits per heavy atom. The standard InChI is InChI=1S/C20H19F4N3O/c21-15-4-7-17-18(8-11-27-19(17)12-15)26-10-1-9-25-13-14-2-5-16(6-3-14)28-20(22,23)24/h2-8,11-12,25H,1,9-10,13H2,(H,26,27). The quantitative estimate of drug-likeness (QED) is 0.424. The van der Waals surface area contributed by atoms with Crippen molar-refractivity contribution >= 4 is 16.6 Å². The van der Waals surface area contributed by atoms with Crippen LogP contribution in [-0.4, -0.2) is 24.4 Å². The Hall–Kier alpha value is -2.87. The van der Waals surface area contributed by atoms with Crippen LogP contribution < -0.4 is 15.4 Å². The van der Waals surface area contributed by atoms with E-state index < -0.39 is 6.36 Å². The highest BCUT2D eigenvalue weighted by Crippen LogP contribution is 2.23. The number of nitrogens with zero attached hydrogens (tertiary/aromatic N) is 1. The van der Waals surface area contributed by atoms with E-state index in [1.165, 1.54) is 24.3 Å². The van der Waals surface area contributed by atoms with E-state index in [4.69, 9.17) is 0 Å². The molecule has 0 bridgehead atoms. The summed E-state index contributed by atoms with van der Waals surface area (Å²) < 4.78 is 53.5. The molecule has 28 heavy (non-hydrogen) atoms. The fourth-order valence-corrected chi connectivity index (χ4v) is 2.75. The van der Waals surface area contributed by atoms with Gasteiger partial charge in [-0.25, -0.2) is 4.39 Å². The molecule has 2 aromatic carbocycles.